The third-order valence-corrected chi connectivity index (χ3v) is 5.72. The number of nitrogen functional groups attached to an aromatic ring is 1. The summed E-state index contributed by atoms with van der Waals surface area (Å²) in [7, 11) is 1.51. The number of fused-ring (bicyclic) bond motifs is 1. The largest absolute Gasteiger partial charge is 0.461 e. The Labute approximate surface area is 193 Å². The van der Waals surface area contributed by atoms with Gasteiger partial charge in [0, 0.05) is 13.7 Å². The Balaban J connectivity index is 1.69. The summed E-state index contributed by atoms with van der Waals surface area (Å²) in [6, 6.07) is 3.89. The number of likely N-dealkylation sites (tertiary alicyclic amines) is 1. The number of aromatic nitrogens is 4. The van der Waals surface area contributed by atoms with E-state index in [9.17, 15) is 18.0 Å². The van der Waals surface area contributed by atoms with E-state index in [0.717, 1.165) is 38.4 Å². The van der Waals surface area contributed by atoms with Crippen molar-refractivity contribution in [3.63, 3.8) is 0 Å². The van der Waals surface area contributed by atoms with Crippen LogP contribution in [0.15, 0.2) is 23.0 Å². The van der Waals surface area contributed by atoms with Crippen LogP contribution in [-0.2, 0) is 24.0 Å². The molecule has 9 nitrogen and oxygen atoms in total. The number of nitrogens with two attached hydrogens (primary N) is 1. The Morgan fingerprint density at radius 1 is 1.06 bits per heavy atom. The van der Waals surface area contributed by atoms with Crippen molar-refractivity contribution in [3.05, 3.63) is 45.4 Å². The molecule has 3 heterocycles. The van der Waals surface area contributed by atoms with Gasteiger partial charge in [-0.3, -0.25) is 9.47 Å². The smallest absolute Gasteiger partial charge is 0.416 e. The number of halogens is 3. The third-order valence-electron chi connectivity index (χ3n) is 5.72. The maximum atomic E-state index is 13.6. The molecule has 0 saturated carbocycles. The van der Waals surface area contributed by atoms with E-state index in [1.165, 1.54) is 17.7 Å². The molecule has 0 aliphatic carbocycles. The summed E-state index contributed by atoms with van der Waals surface area (Å²) in [5.41, 5.74) is 5.88. The molecule has 1 aromatic carbocycles. The molecule has 1 aliphatic rings. The molecule has 34 heavy (non-hydrogen) atoms. The van der Waals surface area contributed by atoms with Crippen molar-refractivity contribution in [2.24, 2.45) is 0 Å². The molecule has 3 aromatic rings. The summed E-state index contributed by atoms with van der Waals surface area (Å²) in [6.45, 7) is 2.48. The minimum atomic E-state index is -4.51. The first kappa shape index (κ1) is 24.0. The van der Waals surface area contributed by atoms with Gasteiger partial charge >= 0.3 is 17.9 Å². The molecule has 4 rings (SSSR count). The molecule has 2 aromatic heterocycles. The van der Waals surface area contributed by atoms with Gasteiger partial charge in [-0.1, -0.05) is 12.5 Å². The fourth-order valence-corrected chi connectivity index (χ4v) is 4.13. The van der Waals surface area contributed by atoms with E-state index < -0.39 is 17.4 Å². The maximum Gasteiger partial charge on any atom is 0.416 e. The minimum absolute atomic E-state index is 0.00287. The third kappa shape index (κ3) is 5.50. The lowest BCUT2D eigenvalue weighted by atomic mass is 10.0. The van der Waals surface area contributed by atoms with Crippen molar-refractivity contribution < 1.29 is 22.6 Å². The van der Waals surface area contributed by atoms with E-state index in [-0.39, 0.29) is 36.1 Å². The molecule has 12 heteroatoms. The molecule has 0 bridgehead atoms. The van der Waals surface area contributed by atoms with Gasteiger partial charge in [0.1, 0.15) is 12.1 Å². The number of imidazole rings is 1. The van der Waals surface area contributed by atoms with Gasteiger partial charge in [0.2, 0.25) is 0 Å². The average molecular weight is 480 g/mol. The number of piperidine rings is 1. The number of anilines is 1. The molecular formula is C22H27F3N6O3. The highest BCUT2D eigenvalue weighted by atomic mass is 19.4. The number of alkyl halides is 3. The molecule has 0 spiro atoms. The first-order valence-electron chi connectivity index (χ1n) is 11.0. The highest BCUT2D eigenvalue weighted by molar-refractivity contribution is 5.81. The standard InChI is InChI=1S/C22H27F3N6O3/c1-33-7-8-34-20-28-18(26)17-19(29-20)31(21(32)27-17)13-15-9-14(10-16(11-15)22(23,24)25)12-30-5-3-2-4-6-30/h9-11H,2-8,12-13H2,1H3,(H,27,32)(H2,26,28,29). The van der Waals surface area contributed by atoms with Crippen molar-refractivity contribution in [2.45, 2.75) is 38.5 Å². The quantitative estimate of drug-likeness (QED) is 0.477. The second-order valence-corrected chi connectivity index (χ2v) is 8.32. The van der Waals surface area contributed by atoms with E-state index in [2.05, 4.69) is 19.9 Å². The summed E-state index contributed by atoms with van der Waals surface area (Å²) in [5.74, 6) is 0.00287. The van der Waals surface area contributed by atoms with Gasteiger partial charge in [-0.2, -0.15) is 23.1 Å². The van der Waals surface area contributed by atoms with Gasteiger partial charge in [-0.15, -0.1) is 0 Å². The van der Waals surface area contributed by atoms with Crippen molar-refractivity contribution in [2.75, 3.05) is 39.1 Å². The van der Waals surface area contributed by atoms with Gasteiger partial charge in [0.05, 0.1) is 18.7 Å². The van der Waals surface area contributed by atoms with Crippen LogP contribution in [-0.4, -0.2) is 57.8 Å². The monoisotopic (exact) mass is 480 g/mol. The van der Waals surface area contributed by atoms with Crippen LogP contribution < -0.4 is 16.2 Å². The Kier molecular flexibility index (Phi) is 7.08. The number of nitrogens with zero attached hydrogens (tertiary/aromatic N) is 4. The Bertz CT molecular complexity index is 1200. The number of hydrogen-bond acceptors (Lipinski definition) is 7. The summed E-state index contributed by atoms with van der Waals surface area (Å²) in [4.78, 5) is 25.6. The first-order chi connectivity index (χ1) is 16.2. The zero-order valence-electron chi connectivity index (χ0n) is 18.8. The van der Waals surface area contributed by atoms with Gasteiger partial charge in [0.25, 0.3) is 0 Å². The lowest BCUT2D eigenvalue weighted by molar-refractivity contribution is -0.137. The van der Waals surface area contributed by atoms with Crippen molar-refractivity contribution >= 4 is 17.0 Å². The van der Waals surface area contributed by atoms with Crippen molar-refractivity contribution in [1.82, 2.24) is 24.4 Å². The number of ether oxygens (including phenoxy) is 2. The number of nitrogens with one attached hydrogen (secondary N) is 1. The fraction of sp³-hybridized carbons (Fsp3) is 0.500. The number of methoxy groups -OCH3 is 1. The van der Waals surface area contributed by atoms with Crippen LogP contribution in [0, 0.1) is 0 Å². The van der Waals surface area contributed by atoms with Crippen LogP contribution in [0.4, 0.5) is 19.0 Å². The summed E-state index contributed by atoms with van der Waals surface area (Å²) in [5, 5.41) is 0. The number of benzene rings is 1. The number of aromatic amines is 1. The molecule has 0 radical (unpaired) electrons. The molecule has 0 unspecified atom stereocenters. The van der Waals surface area contributed by atoms with Crippen molar-refractivity contribution in [1.29, 1.82) is 0 Å². The predicted molar refractivity (Wildman–Crippen MR) is 120 cm³/mol. The molecule has 1 saturated heterocycles. The highest BCUT2D eigenvalue weighted by Crippen LogP contribution is 2.31. The van der Waals surface area contributed by atoms with Gasteiger partial charge in [-0.05, 0) is 49.2 Å². The number of hydrogen-bond donors (Lipinski definition) is 2. The maximum absolute atomic E-state index is 13.6. The Morgan fingerprint density at radius 3 is 2.44 bits per heavy atom. The highest BCUT2D eigenvalue weighted by Gasteiger charge is 2.31. The second-order valence-electron chi connectivity index (χ2n) is 8.32. The first-order valence-corrected chi connectivity index (χ1v) is 11.0. The van der Waals surface area contributed by atoms with E-state index in [0.29, 0.717) is 24.3 Å². The molecule has 0 amide bonds. The van der Waals surface area contributed by atoms with Crippen LogP contribution >= 0.6 is 0 Å². The number of H-pyrrole nitrogens is 1. The normalized spacial score (nSPS) is 15.2. The molecule has 184 valence electrons. The van der Waals surface area contributed by atoms with Crippen LogP contribution in [0.1, 0.15) is 36.0 Å². The van der Waals surface area contributed by atoms with E-state index in [4.69, 9.17) is 15.2 Å². The topological polar surface area (TPSA) is 111 Å². The minimum Gasteiger partial charge on any atom is -0.461 e. The van der Waals surface area contributed by atoms with Crippen LogP contribution in [0.5, 0.6) is 6.01 Å². The SMILES string of the molecule is COCCOc1nc(N)c2[nH]c(=O)n(Cc3cc(CN4CCCCC4)cc(C(F)(F)F)c3)c2n1. The lowest BCUT2D eigenvalue weighted by Gasteiger charge is -2.27. The molecule has 0 atom stereocenters. The number of rotatable bonds is 8. The molecule has 1 fully saturated rings. The molecule has 1 aliphatic heterocycles. The van der Waals surface area contributed by atoms with Crippen molar-refractivity contribution in [3.8, 4) is 6.01 Å². The summed E-state index contributed by atoms with van der Waals surface area (Å²) in [6.07, 6.45) is -1.30. The van der Waals surface area contributed by atoms with Crippen LogP contribution in [0.2, 0.25) is 0 Å². The van der Waals surface area contributed by atoms with Gasteiger partial charge in [-0.25, -0.2) is 4.79 Å². The Hall–Kier alpha value is -3.12. The molecular weight excluding hydrogens is 453 g/mol. The Morgan fingerprint density at radius 2 is 1.76 bits per heavy atom. The van der Waals surface area contributed by atoms with E-state index in [1.54, 1.807) is 6.07 Å². The van der Waals surface area contributed by atoms with E-state index in [1.807, 2.05) is 0 Å². The summed E-state index contributed by atoms with van der Waals surface area (Å²) >= 11 is 0. The zero-order chi connectivity index (χ0) is 24.3. The van der Waals surface area contributed by atoms with Gasteiger partial charge < -0.3 is 20.2 Å². The zero-order valence-corrected chi connectivity index (χ0v) is 18.8. The lowest BCUT2D eigenvalue weighted by Crippen LogP contribution is -2.29. The van der Waals surface area contributed by atoms with Crippen LogP contribution in [0.3, 0.4) is 0 Å². The average Bonchev–Trinajstić information content (AvgIpc) is 3.10. The van der Waals surface area contributed by atoms with Gasteiger partial charge in [0.15, 0.2) is 11.5 Å². The summed E-state index contributed by atoms with van der Waals surface area (Å²) < 4.78 is 52.5. The van der Waals surface area contributed by atoms with E-state index >= 15 is 0 Å². The fourth-order valence-electron chi connectivity index (χ4n) is 4.13. The van der Waals surface area contributed by atoms with Crippen LogP contribution in [0.25, 0.3) is 11.2 Å². The second kappa shape index (κ2) is 10.0. The molecule has 3 N–H and O–H groups in total. The predicted octanol–water partition coefficient (Wildman–Crippen LogP) is 2.78.